The Hall–Kier alpha value is -0.413. The van der Waals surface area contributed by atoms with Crippen LogP contribution in [0, 0.1) is 33.5 Å². The van der Waals surface area contributed by atoms with Gasteiger partial charge < -0.3 is 13.9 Å². The standard InChI is InChI=1S/C26H49NO3Si/c1-12-28-19(2)29-20(18-27)16-25(8)17-21-22(30-31(10,11)23(3,4)5)14-13-15-26(25,9)24(21,6)7/h19-22H,12-17H2,1-11H3/t19-,20+,21-,22+,25+,26+/m0/s1. The van der Waals surface area contributed by atoms with Gasteiger partial charge in [-0.25, -0.2) is 0 Å². The van der Waals surface area contributed by atoms with E-state index in [1.165, 1.54) is 12.8 Å². The molecule has 31 heavy (non-hydrogen) atoms. The van der Waals surface area contributed by atoms with Gasteiger partial charge in [-0.1, -0.05) is 54.9 Å². The van der Waals surface area contributed by atoms with Crippen LogP contribution in [-0.4, -0.2) is 33.4 Å². The first kappa shape index (κ1) is 26.8. The molecule has 0 amide bonds. The number of ether oxygens (including phenoxy) is 2. The minimum absolute atomic E-state index is 0.0307. The molecule has 0 aromatic rings. The monoisotopic (exact) mass is 451 g/mol. The summed E-state index contributed by atoms with van der Waals surface area (Å²) in [4.78, 5) is 0. The average molecular weight is 452 g/mol. The molecule has 2 saturated carbocycles. The van der Waals surface area contributed by atoms with Crippen LogP contribution in [0.25, 0.3) is 0 Å². The summed E-state index contributed by atoms with van der Waals surface area (Å²) in [5.41, 5.74) is 0.323. The highest BCUT2D eigenvalue weighted by atomic mass is 28.4. The first-order chi connectivity index (χ1) is 14.0. The molecule has 2 aliphatic carbocycles. The highest BCUT2D eigenvalue weighted by Gasteiger charge is 2.66. The lowest BCUT2D eigenvalue weighted by Crippen LogP contribution is -2.47. The van der Waals surface area contributed by atoms with Crippen molar-refractivity contribution in [2.45, 2.75) is 131 Å². The molecule has 2 aliphatic rings. The van der Waals surface area contributed by atoms with E-state index in [1.54, 1.807) is 0 Å². The fourth-order valence-corrected chi connectivity index (χ4v) is 7.67. The van der Waals surface area contributed by atoms with E-state index < -0.39 is 14.4 Å². The van der Waals surface area contributed by atoms with Gasteiger partial charge in [0, 0.05) is 12.7 Å². The van der Waals surface area contributed by atoms with Gasteiger partial charge in [-0.15, -0.1) is 0 Å². The van der Waals surface area contributed by atoms with Gasteiger partial charge in [0.1, 0.15) is 6.10 Å². The highest BCUT2D eigenvalue weighted by Crippen LogP contribution is 2.71. The molecule has 0 saturated heterocycles. The molecule has 0 aliphatic heterocycles. The minimum atomic E-state index is -1.85. The summed E-state index contributed by atoms with van der Waals surface area (Å²) in [7, 11) is -1.85. The Balaban J connectivity index is 2.33. The molecule has 0 heterocycles. The lowest BCUT2D eigenvalue weighted by atomic mass is 9.55. The van der Waals surface area contributed by atoms with E-state index in [4.69, 9.17) is 13.9 Å². The van der Waals surface area contributed by atoms with Crippen molar-refractivity contribution in [3.05, 3.63) is 0 Å². The molecule has 0 spiro atoms. The molecule has 0 unspecified atom stereocenters. The fourth-order valence-electron chi connectivity index (χ4n) is 6.27. The second-order valence-corrected chi connectivity index (χ2v) is 17.5. The maximum Gasteiger partial charge on any atom is 0.192 e. The van der Waals surface area contributed by atoms with Crippen molar-refractivity contribution >= 4 is 8.32 Å². The van der Waals surface area contributed by atoms with Crippen LogP contribution >= 0.6 is 0 Å². The summed E-state index contributed by atoms with van der Waals surface area (Å²) in [5, 5.41) is 10.1. The van der Waals surface area contributed by atoms with Gasteiger partial charge in [-0.05, 0) is 79.8 Å². The Labute approximate surface area is 193 Å². The molecule has 0 N–H and O–H groups in total. The smallest absolute Gasteiger partial charge is 0.192 e. The minimum Gasteiger partial charge on any atom is -0.414 e. The Morgan fingerprint density at radius 1 is 1.16 bits per heavy atom. The van der Waals surface area contributed by atoms with Crippen molar-refractivity contribution in [1.29, 1.82) is 5.26 Å². The summed E-state index contributed by atoms with van der Waals surface area (Å²) in [6.45, 7) is 26.0. The molecule has 2 fully saturated rings. The highest BCUT2D eigenvalue weighted by molar-refractivity contribution is 6.74. The Bertz CT molecular complexity index is 665. The zero-order valence-electron chi connectivity index (χ0n) is 22.2. The third-order valence-corrected chi connectivity index (χ3v) is 14.3. The lowest BCUT2D eigenvalue weighted by molar-refractivity contribution is -0.156. The molecule has 2 rings (SSSR count). The van der Waals surface area contributed by atoms with E-state index in [-0.39, 0.29) is 27.6 Å². The summed E-state index contributed by atoms with van der Waals surface area (Å²) < 4.78 is 18.6. The van der Waals surface area contributed by atoms with E-state index in [1.807, 2.05) is 13.8 Å². The molecular weight excluding hydrogens is 402 g/mol. The van der Waals surface area contributed by atoms with Crippen LogP contribution in [0.15, 0.2) is 0 Å². The van der Waals surface area contributed by atoms with E-state index in [0.717, 1.165) is 19.3 Å². The second kappa shape index (κ2) is 9.09. The molecule has 2 bridgehead atoms. The fraction of sp³-hybridized carbons (Fsp3) is 0.962. The van der Waals surface area contributed by atoms with Crippen molar-refractivity contribution in [3.63, 3.8) is 0 Å². The summed E-state index contributed by atoms with van der Waals surface area (Å²) in [6.07, 6.45) is 4.90. The number of fused-ring (bicyclic) bond motifs is 2. The van der Waals surface area contributed by atoms with Crippen LogP contribution in [0.5, 0.6) is 0 Å². The van der Waals surface area contributed by atoms with Crippen molar-refractivity contribution in [2.75, 3.05) is 6.61 Å². The van der Waals surface area contributed by atoms with Crippen molar-refractivity contribution in [1.82, 2.24) is 0 Å². The predicted octanol–water partition coefficient (Wildman–Crippen LogP) is 7.30. The molecule has 4 nitrogen and oxygen atoms in total. The van der Waals surface area contributed by atoms with Crippen molar-refractivity contribution in [3.8, 4) is 6.07 Å². The SMILES string of the molecule is CCO[C@H](C)O[C@@H](C#N)C[C@]1(C)C[C@H]2[C@H](O[Si](C)(C)C(C)(C)C)CCC[C@]1(C)C2(C)C. The third kappa shape index (κ3) is 4.93. The maximum atomic E-state index is 9.87. The zero-order chi connectivity index (χ0) is 23.9. The molecule has 0 aromatic heterocycles. The van der Waals surface area contributed by atoms with Crippen LogP contribution in [0.2, 0.25) is 18.1 Å². The maximum absolute atomic E-state index is 9.87. The van der Waals surface area contributed by atoms with Gasteiger partial charge >= 0.3 is 0 Å². The molecular formula is C26H49NO3Si. The zero-order valence-corrected chi connectivity index (χ0v) is 23.2. The van der Waals surface area contributed by atoms with Crippen molar-refractivity contribution in [2.24, 2.45) is 22.2 Å². The average Bonchev–Trinajstić information content (AvgIpc) is 2.70. The second-order valence-electron chi connectivity index (χ2n) is 12.7. The normalized spacial score (nSPS) is 35.3. The topological polar surface area (TPSA) is 51.5 Å². The molecule has 0 aromatic carbocycles. The van der Waals surface area contributed by atoms with E-state index >= 15 is 0 Å². The summed E-state index contributed by atoms with van der Waals surface area (Å²) >= 11 is 0. The molecule has 5 heteroatoms. The number of nitrogens with zero attached hydrogens (tertiary/aromatic N) is 1. The van der Waals surface area contributed by atoms with Gasteiger partial charge in [-0.2, -0.15) is 5.26 Å². The molecule has 180 valence electrons. The predicted molar refractivity (Wildman–Crippen MR) is 130 cm³/mol. The number of hydrogen-bond donors (Lipinski definition) is 0. The van der Waals surface area contributed by atoms with E-state index in [2.05, 4.69) is 67.6 Å². The van der Waals surface area contributed by atoms with Crippen LogP contribution in [0.3, 0.4) is 0 Å². The van der Waals surface area contributed by atoms with Gasteiger partial charge in [0.25, 0.3) is 0 Å². The molecule has 0 radical (unpaired) electrons. The van der Waals surface area contributed by atoms with Gasteiger partial charge in [0.05, 0.1) is 6.07 Å². The summed E-state index contributed by atoms with van der Waals surface area (Å²) in [6, 6.07) is 2.43. The van der Waals surface area contributed by atoms with Gasteiger partial charge in [-0.3, -0.25) is 0 Å². The third-order valence-electron chi connectivity index (χ3n) is 9.76. The van der Waals surface area contributed by atoms with Crippen molar-refractivity contribution < 1.29 is 13.9 Å². The largest absolute Gasteiger partial charge is 0.414 e. The quantitative estimate of drug-likeness (QED) is 0.287. The number of nitriles is 1. The Kier molecular flexibility index (Phi) is 7.87. The molecule has 6 atom stereocenters. The van der Waals surface area contributed by atoms with Crippen LogP contribution in [-0.2, 0) is 13.9 Å². The van der Waals surface area contributed by atoms with Crippen LogP contribution in [0.1, 0.15) is 94.4 Å². The Morgan fingerprint density at radius 2 is 1.77 bits per heavy atom. The van der Waals surface area contributed by atoms with Gasteiger partial charge in [0.2, 0.25) is 0 Å². The van der Waals surface area contributed by atoms with Gasteiger partial charge in [0.15, 0.2) is 14.6 Å². The van der Waals surface area contributed by atoms with Crippen LogP contribution in [0.4, 0.5) is 0 Å². The first-order valence-corrected chi connectivity index (χ1v) is 15.3. The number of hydrogen-bond acceptors (Lipinski definition) is 4. The summed E-state index contributed by atoms with van der Waals surface area (Å²) in [5.74, 6) is 0.503. The van der Waals surface area contributed by atoms with E-state index in [9.17, 15) is 5.26 Å². The first-order valence-electron chi connectivity index (χ1n) is 12.4. The van der Waals surface area contributed by atoms with Crippen LogP contribution < -0.4 is 0 Å². The lowest BCUT2D eigenvalue weighted by Gasteiger charge is -2.50. The number of rotatable bonds is 8. The Morgan fingerprint density at radius 3 is 2.29 bits per heavy atom. The van der Waals surface area contributed by atoms with E-state index in [0.29, 0.717) is 18.6 Å².